The summed E-state index contributed by atoms with van der Waals surface area (Å²) >= 11 is 0. The van der Waals surface area contributed by atoms with Crippen LogP contribution in [-0.4, -0.2) is 42.7 Å². The van der Waals surface area contributed by atoms with Gasteiger partial charge in [-0.15, -0.1) is 0 Å². The lowest BCUT2D eigenvalue weighted by molar-refractivity contribution is 0.0978. The molecule has 1 spiro atoms. The lowest BCUT2D eigenvalue weighted by Gasteiger charge is -2.37. The summed E-state index contributed by atoms with van der Waals surface area (Å²) < 4.78 is 10.5. The van der Waals surface area contributed by atoms with Crippen LogP contribution in [0.25, 0.3) is 0 Å². The fourth-order valence-electron chi connectivity index (χ4n) is 3.79. The molecule has 1 aliphatic carbocycles. The van der Waals surface area contributed by atoms with E-state index in [1.165, 1.54) is 6.42 Å². The molecule has 0 atom stereocenters. The number of carbonyl (C=O) groups is 1. The average molecular weight is 353 g/mol. The van der Waals surface area contributed by atoms with Gasteiger partial charge in [-0.3, -0.25) is 9.78 Å². The molecule has 0 bridgehead atoms. The zero-order valence-electron chi connectivity index (χ0n) is 15.0. The van der Waals surface area contributed by atoms with E-state index in [2.05, 4.69) is 9.97 Å². The molecule has 2 aliphatic rings. The normalized spacial score (nSPS) is 17.0. The molecule has 0 saturated heterocycles. The van der Waals surface area contributed by atoms with Gasteiger partial charge in [0.1, 0.15) is 0 Å². The van der Waals surface area contributed by atoms with E-state index in [1.807, 2.05) is 23.2 Å². The molecular weight excluding hydrogens is 330 g/mol. The summed E-state index contributed by atoms with van der Waals surface area (Å²) in [6, 6.07) is 7.42. The van der Waals surface area contributed by atoms with Gasteiger partial charge in [-0.2, -0.15) is 0 Å². The van der Waals surface area contributed by atoms with Crippen LogP contribution in [0.1, 0.15) is 41.7 Å². The number of nitrogens with zero attached hydrogens (tertiary/aromatic N) is 3. The molecule has 1 amide bonds. The van der Waals surface area contributed by atoms with E-state index in [0.29, 0.717) is 31.2 Å². The topological polar surface area (TPSA) is 64.6 Å². The standard InChI is InChI=1S/C20H23N3O3/c1-25-11-4-12-26-17-7-6-15(13-22-17)19(24)23-14-20(8-3-9-20)18-16(23)5-2-10-21-18/h2,5-7,10,13H,3-4,8-9,11-12,14H2,1H3. The van der Waals surface area contributed by atoms with Crippen LogP contribution in [0.5, 0.6) is 5.88 Å². The van der Waals surface area contributed by atoms with Gasteiger partial charge < -0.3 is 14.4 Å². The molecule has 2 aromatic heterocycles. The molecule has 2 aromatic rings. The van der Waals surface area contributed by atoms with Gasteiger partial charge in [0.25, 0.3) is 5.91 Å². The van der Waals surface area contributed by atoms with Crippen molar-refractivity contribution in [2.45, 2.75) is 31.1 Å². The van der Waals surface area contributed by atoms with Gasteiger partial charge in [0.15, 0.2) is 0 Å². The van der Waals surface area contributed by atoms with E-state index in [1.54, 1.807) is 25.4 Å². The smallest absolute Gasteiger partial charge is 0.259 e. The fourth-order valence-corrected chi connectivity index (χ4v) is 3.79. The molecule has 3 heterocycles. The Hall–Kier alpha value is -2.47. The zero-order valence-corrected chi connectivity index (χ0v) is 15.0. The summed E-state index contributed by atoms with van der Waals surface area (Å²) in [5.74, 6) is 0.498. The van der Waals surface area contributed by atoms with Crippen molar-refractivity contribution in [2.75, 3.05) is 31.8 Å². The molecule has 6 nitrogen and oxygen atoms in total. The van der Waals surface area contributed by atoms with Crippen molar-refractivity contribution in [1.29, 1.82) is 0 Å². The van der Waals surface area contributed by atoms with Crippen LogP contribution in [0.4, 0.5) is 5.69 Å². The second kappa shape index (κ2) is 7.03. The molecular formula is C20H23N3O3. The Balaban J connectivity index is 1.48. The first-order chi connectivity index (χ1) is 12.7. The Bertz CT molecular complexity index is 787. The first kappa shape index (κ1) is 17.0. The van der Waals surface area contributed by atoms with Crippen molar-refractivity contribution in [2.24, 2.45) is 0 Å². The minimum absolute atomic E-state index is 0.0264. The molecule has 4 rings (SSSR count). The maximum Gasteiger partial charge on any atom is 0.259 e. The number of amides is 1. The molecule has 0 N–H and O–H groups in total. The van der Waals surface area contributed by atoms with Crippen LogP contribution in [-0.2, 0) is 10.2 Å². The summed E-state index contributed by atoms with van der Waals surface area (Å²) in [5.41, 5.74) is 2.65. The van der Waals surface area contributed by atoms with Gasteiger partial charge in [0.2, 0.25) is 5.88 Å². The number of ether oxygens (including phenoxy) is 2. The van der Waals surface area contributed by atoms with Crippen molar-refractivity contribution in [1.82, 2.24) is 9.97 Å². The maximum atomic E-state index is 13.0. The summed E-state index contributed by atoms with van der Waals surface area (Å²) in [4.78, 5) is 23.8. The molecule has 1 aliphatic heterocycles. The van der Waals surface area contributed by atoms with Gasteiger partial charge in [0, 0.05) is 50.6 Å². The van der Waals surface area contributed by atoms with Gasteiger partial charge >= 0.3 is 0 Å². The lowest BCUT2D eigenvalue weighted by atomic mass is 9.67. The number of methoxy groups -OCH3 is 1. The second-order valence-corrected chi connectivity index (χ2v) is 6.98. The van der Waals surface area contributed by atoms with Crippen LogP contribution < -0.4 is 9.64 Å². The van der Waals surface area contributed by atoms with E-state index in [-0.39, 0.29) is 11.3 Å². The highest BCUT2D eigenvalue weighted by molar-refractivity contribution is 6.07. The van der Waals surface area contributed by atoms with Crippen LogP contribution in [0.2, 0.25) is 0 Å². The largest absolute Gasteiger partial charge is 0.478 e. The van der Waals surface area contributed by atoms with Crippen LogP contribution in [0.3, 0.4) is 0 Å². The summed E-state index contributed by atoms with van der Waals surface area (Å²) in [6.45, 7) is 1.91. The number of anilines is 1. The lowest BCUT2D eigenvalue weighted by Crippen LogP contribution is -2.41. The van der Waals surface area contributed by atoms with Crippen molar-refractivity contribution < 1.29 is 14.3 Å². The molecule has 0 radical (unpaired) electrons. The van der Waals surface area contributed by atoms with Crippen LogP contribution >= 0.6 is 0 Å². The van der Waals surface area contributed by atoms with E-state index < -0.39 is 0 Å². The minimum Gasteiger partial charge on any atom is -0.478 e. The number of aromatic nitrogens is 2. The zero-order chi connectivity index (χ0) is 18.0. The molecule has 1 saturated carbocycles. The van der Waals surface area contributed by atoms with E-state index >= 15 is 0 Å². The Morgan fingerprint density at radius 2 is 2.12 bits per heavy atom. The fraction of sp³-hybridized carbons (Fsp3) is 0.450. The number of hydrogen-bond donors (Lipinski definition) is 0. The number of fused-ring (bicyclic) bond motifs is 2. The highest BCUT2D eigenvalue weighted by Crippen LogP contribution is 2.51. The third-order valence-corrected chi connectivity index (χ3v) is 5.32. The second-order valence-electron chi connectivity index (χ2n) is 6.98. The van der Waals surface area contributed by atoms with Gasteiger partial charge in [-0.1, -0.05) is 6.42 Å². The monoisotopic (exact) mass is 353 g/mol. The van der Waals surface area contributed by atoms with Crippen LogP contribution in [0, 0.1) is 0 Å². The first-order valence-corrected chi connectivity index (χ1v) is 9.09. The van der Waals surface area contributed by atoms with Crippen LogP contribution in [0.15, 0.2) is 36.7 Å². The highest BCUT2D eigenvalue weighted by Gasteiger charge is 2.49. The quantitative estimate of drug-likeness (QED) is 0.747. The Morgan fingerprint density at radius 1 is 1.23 bits per heavy atom. The third kappa shape index (κ3) is 2.94. The average Bonchev–Trinajstić information content (AvgIpc) is 3.01. The summed E-state index contributed by atoms with van der Waals surface area (Å²) in [5, 5.41) is 0. The first-order valence-electron chi connectivity index (χ1n) is 9.09. The van der Waals surface area contributed by atoms with Crippen molar-refractivity contribution >= 4 is 11.6 Å². The van der Waals surface area contributed by atoms with E-state index in [0.717, 1.165) is 30.6 Å². The molecule has 6 heteroatoms. The van der Waals surface area contributed by atoms with Crippen molar-refractivity contribution in [3.05, 3.63) is 47.9 Å². The molecule has 1 fully saturated rings. The molecule has 0 aromatic carbocycles. The Morgan fingerprint density at radius 3 is 2.81 bits per heavy atom. The number of pyridine rings is 2. The summed E-state index contributed by atoms with van der Waals surface area (Å²) in [6.07, 6.45) is 7.63. The predicted octanol–water partition coefficient (Wildman–Crippen LogP) is 2.97. The third-order valence-electron chi connectivity index (χ3n) is 5.32. The van der Waals surface area contributed by atoms with E-state index in [4.69, 9.17) is 9.47 Å². The molecule has 136 valence electrons. The Labute approximate surface area is 153 Å². The minimum atomic E-state index is -0.0264. The Kier molecular flexibility index (Phi) is 4.59. The van der Waals surface area contributed by atoms with Crippen molar-refractivity contribution in [3.8, 4) is 5.88 Å². The number of rotatable bonds is 6. The van der Waals surface area contributed by atoms with Crippen molar-refractivity contribution in [3.63, 3.8) is 0 Å². The SMILES string of the molecule is COCCCOc1ccc(C(=O)N2CC3(CCC3)c3ncccc32)cn1. The molecule has 0 unspecified atom stereocenters. The molecule has 26 heavy (non-hydrogen) atoms. The maximum absolute atomic E-state index is 13.0. The van der Waals surface area contributed by atoms with Gasteiger partial charge in [0.05, 0.1) is 23.6 Å². The van der Waals surface area contributed by atoms with E-state index in [9.17, 15) is 4.79 Å². The predicted molar refractivity (Wildman–Crippen MR) is 97.7 cm³/mol. The van der Waals surface area contributed by atoms with Gasteiger partial charge in [-0.05, 0) is 31.0 Å². The number of hydrogen-bond acceptors (Lipinski definition) is 5. The highest BCUT2D eigenvalue weighted by atomic mass is 16.5. The summed E-state index contributed by atoms with van der Waals surface area (Å²) in [7, 11) is 1.67. The number of carbonyl (C=O) groups excluding carboxylic acids is 1. The van der Waals surface area contributed by atoms with Gasteiger partial charge in [-0.25, -0.2) is 4.98 Å².